The van der Waals surface area contributed by atoms with Crippen molar-refractivity contribution in [3.63, 3.8) is 0 Å². The van der Waals surface area contributed by atoms with E-state index in [-0.39, 0.29) is 0 Å². The molecule has 0 amide bonds. The minimum atomic E-state index is -5.08. The molecular weight excluding hydrogens is 229 g/mol. The summed E-state index contributed by atoms with van der Waals surface area (Å²) < 4.78 is 31.7. The van der Waals surface area contributed by atoms with Crippen LogP contribution in [0.15, 0.2) is 0 Å². The lowest BCUT2D eigenvalue weighted by Gasteiger charge is -2.19. The zero-order valence-corrected chi connectivity index (χ0v) is 9.26. The first kappa shape index (κ1) is 17.1. The van der Waals surface area contributed by atoms with E-state index in [1.54, 1.807) is 6.92 Å². The molecule has 0 atom stereocenters. The molecule has 0 bridgehead atoms. The van der Waals surface area contributed by atoms with Crippen LogP contribution < -0.4 is 0 Å². The van der Waals surface area contributed by atoms with E-state index in [4.69, 9.17) is 15.0 Å². The highest BCUT2D eigenvalue weighted by atomic mass is 19.4. The summed E-state index contributed by atoms with van der Waals surface area (Å²) in [6, 6.07) is 0. The van der Waals surface area contributed by atoms with E-state index in [9.17, 15) is 18.0 Å². The van der Waals surface area contributed by atoms with Gasteiger partial charge < -0.3 is 10.2 Å². The first-order valence-corrected chi connectivity index (χ1v) is 4.54. The van der Waals surface area contributed by atoms with E-state index in [0.717, 1.165) is 0 Å². The summed E-state index contributed by atoms with van der Waals surface area (Å²) in [7, 11) is 0. The maximum Gasteiger partial charge on any atom is 0.490 e. The topological polar surface area (TPSA) is 74.6 Å². The van der Waals surface area contributed by atoms with Crippen LogP contribution in [-0.4, -0.2) is 28.3 Å². The summed E-state index contributed by atoms with van der Waals surface area (Å²) in [4.78, 5) is 19.4. The van der Waals surface area contributed by atoms with E-state index in [1.807, 2.05) is 13.8 Å². The van der Waals surface area contributed by atoms with Crippen LogP contribution in [0.3, 0.4) is 0 Å². The molecule has 16 heavy (non-hydrogen) atoms. The number of carbonyl (C=O) groups is 2. The normalized spacial score (nSPS) is 11.4. The predicted octanol–water partition coefficient (Wildman–Crippen LogP) is 2.53. The van der Waals surface area contributed by atoms with Gasteiger partial charge in [-0.05, 0) is 19.8 Å². The largest absolute Gasteiger partial charge is 0.490 e. The number of carboxylic acid groups (broad SMARTS) is 2. The summed E-state index contributed by atoms with van der Waals surface area (Å²) in [5, 5.41) is 15.8. The molecule has 0 aromatic rings. The Bertz CT molecular complexity index is 244. The van der Waals surface area contributed by atoms with Gasteiger partial charge in [0, 0.05) is 0 Å². The van der Waals surface area contributed by atoms with Crippen molar-refractivity contribution < 1.29 is 33.0 Å². The highest BCUT2D eigenvalue weighted by molar-refractivity contribution is 5.73. The second-order valence-electron chi connectivity index (χ2n) is 3.38. The lowest BCUT2D eigenvalue weighted by atomic mass is 9.85. The third-order valence-corrected chi connectivity index (χ3v) is 2.32. The fraction of sp³-hybridized carbons (Fsp3) is 0.778. The number of halogens is 3. The van der Waals surface area contributed by atoms with Crippen LogP contribution in [0.2, 0.25) is 0 Å². The van der Waals surface area contributed by atoms with Crippen molar-refractivity contribution >= 4 is 11.9 Å². The maximum atomic E-state index is 10.6. The van der Waals surface area contributed by atoms with Gasteiger partial charge in [0.05, 0.1) is 5.41 Å². The van der Waals surface area contributed by atoms with Crippen molar-refractivity contribution in [2.75, 3.05) is 0 Å². The Labute approximate surface area is 91.1 Å². The van der Waals surface area contributed by atoms with E-state index in [1.165, 1.54) is 0 Å². The molecule has 0 rings (SSSR count). The van der Waals surface area contributed by atoms with E-state index in [2.05, 4.69) is 0 Å². The summed E-state index contributed by atoms with van der Waals surface area (Å²) in [5.41, 5.74) is -0.500. The van der Waals surface area contributed by atoms with E-state index < -0.39 is 23.5 Å². The standard InChI is InChI=1S/C7H14O2.C2HF3O2/c1-4-7(3,5-2)6(8)9;3-2(4,5)1(6)7/h4-5H2,1-3H3,(H,8,9);(H,6,7). The Hall–Kier alpha value is -1.27. The number of rotatable bonds is 3. The first-order valence-electron chi connectivity index (χ1n) is 4.54. The van der Waals surface area contributed by atoms with Crippen molar-refractivity contribution in [2.24, 2.45) is 5.41 Å². The maximum absolute atomic E-state index is 10.6. The summed E-state index contributed by atoms with van der Waals surface area (Å²) in [5.74, 6) is -3.44. The van der Waals surface area contributed by atoms with Crippen LogP contribution in [0.5, 0.6) is 0 Å². The van der Waals surface area contributed by atoms with Gasteiger partial charge in [0.15, 0.2) is 0 Å². The van der Waals surface area contributed by atoms with Crippen molar-refractivity contribution in [1.82, 2.24) is 0 Å². The van der Waals surface area contributed by atoms with Crippen LogP contribution in [0.1, 0.15) is 33.6 Å². The lowest BCUT2D eigenvalue weighted by Crippen LogP contribution is -2.25. The quantitative estimate of drug-likeness (QED) is 0.799. The van der Waals surface area contributed by atoms with Crippen LogP contribution >= 0.6 is 0 Å². The monoisotopic (exact) mass is 244 g/mol. The fourth-order valence-electron chi connectivity index (χ4n) is 0.552. The predicted molar refractivity (Wildman–Crippen MR) is 50.0 cm³/mol. The molecule has 0 saturated carbocycles. The van der Waals surface area contributed by atoms with Crippen molar-refractivity contribution in [1.29, 1.82) is 0 Å². The Kier molecular flexibility index (Phi) is 6.79. The lowest BCUT2D eigenvalue weighted by molar-refractivity contribution is -0.192. The second-order valence-corrected chi connectivity index (χ2v) is 3.38. The number of alkyl halides is 3. The number of carboxylic acids is 2. The van der Waals surface area contributed by atoms with Crippen molar-refractivity contribution in [3.8, 4) is 0 Å². The molecule has 2 N–H and O–H groups in total. The van der Waals surface area contributed by atoms with Crippen LogP contribution in [0.25, 0.3) is 0 Å². The van der Waals surface area contributed by atoms with Gasteiger partial charge >= 0.3 is 18.1 Å². The van der Waals surface area contributed by atoms with E-state index >= 15 is 0 Å². The molecule has 0 unspecified atom stereocenters. The highest BCUT2D eigenvalue weighted by Crippen LogP contribution is 2.24. The molecule has 96 valence electrons. The SMILES string of the molecule is CCC(C)(CC)C(=O)O.O=C(O)C(F)(F)F. The zero-order valence-electron chi connectivity index (χ0n) is 9.26. The Morgan fingerprint density at radius 1 is 1.00 bits per heavy atom. The third-order valence-electron chi connectivity index (χ3n) is 2.32. The molecule has 0 heterocycles. The van der Waals surface area contributed by atoms with Gasteiger partial charge in [-0.25, -0.2) is 4.79 Å². The van der Waals surface area contributed by atoms with Gasteiger partial charge in [0.25, 0.3) is 0 Å². The molecular formula is C9H15F3O4. The van der Waals surface area contributed by atoms with E-state index in [0.29, 0.717) is 12.8 Å². The summed E-state index contributed by atoms with van der Waals surface area (Å²) >= 11 is 0. The molecule has 0 aliphatic heterocycles. The van der Waals surface area contributed by atoms with Gasteiger partial charge in [0.1, 0.15) is 0 Å². The summed E-state index contributed by atoms with van der Waals surface area (Å²) in [6.45, 7) is 5.57. The van der Waals surface area contributed by atoms with Gasteiger partial charge in [-0.1, -0.05) is 13.8 Å². The van der Waals surface area contributed by atoms with Gasteiger partial charge in [-0.2, -0.15) is 13.2 Å². The van der Waals surface area contributed by atoms with Crippen LogP contribution in [-0.2, 0) is 9.59 Å². The molecule has 0 fully saturated rings. The van der Waals surface area contributed by atoms with Gasteiger partial charge in [0.2, 0.25) is 0 Å². The summed E-state index contributed by atoms with van der Waals surface area (Å²) in [6.07, 6.45) is -3.67. The van der Waals surface area contributed by atoms with Crippen LogP contribution in [0, 0.1) is 5.41 Å². The second kappa shape index (κ2) is 6.34. The average Bonchev–Trinajstić information content (AvgIpc) is 2.15. The highest BCUT2D eigenvalue weighted by Gasteiger charge is 2.38. The number of aliphatic carboxylic acids is 2. The smallest absolute Gasteiger partial charge is 0.481 e. The van der Waals surface area contributed by atoms with Gasteiger partial charge in [-0.3, -0.25) is 4.79 Å². The fourth-order valence-corrected chi connectivity index (χ4v) is 0.552. The Morgan fingerprint density at radius 3 is 1.25 bits per heavy atom. The first-order chi connectivity index (χ1) is 7.01. The third kappa shape index (κ3) is 6.26. The zero-order chi connectivity index (χ0) is 13.6. The average molecular weight is 244 g/mol. The molecule has 0 aliphatic carbocycles. The van der Waals surface area contributed by atoms with Gasteiger partial charge in [-0.15, -0.1) is 0 Å². The molecule has 0 aliphatic rings. The molecule has 0 aromatic carbocycles. The van der Waals surface area contributed by atoms with Crippen LogP contribution in [0.4, 0.5) is 13.2 Å². The number of hydrogen-bond acceptors (Lipinski definition) is 2. The number of hydrogen-bond donors (Lipinski definition) is 2. The molecule has 0 radical (unpaired) electrons. The Balaban J connectivity index is 0. The minimum Gasteiger partial charge on any atom is -0.481 e. The minimum absolute atomic E-state index is 0.500. The Morgan fingerprint density at radius 2 is 1.25 bits per heavy atom. The molecule has 4 nitrogen and oxygen atoms in total. The van der Waals surface area contributed by atoms with Crippen molar-refractivity contribution in [2.45, 2.75) is 39.8 Å². The molecule has 7 heteroatoms. The molecule has 0 spiro atoms. The molecule has 0 aromatic heterocycles. The van der Waals surface area contributed by atoms with Crippen molar-refractivity contribution in [3.05, 3.63) is 0 Å². The molecule has 0 saturated heterocycles.